The number of halogens is 1. The van der Waals surface area contributed by atoms with E-state index in [-0.39, 0.29) is 16.5 Å². The third-order valence-electron chi connectivity index (χ3n) is 5.85. The second-order valence-corrected chi connectivity index (χ2v) is 8.68. The highest BCUT2D eigenvalue weighted by atomic mass is 19.1. The number of benzene rings is 3. The SMILES string of the molecule is O=C(c1ccc(F)cc1)c1cccc(C=c2[nH]c(=O)c(=Cc3ccc(OCc4ccccc4)cn3)[nH]c2=O)c1. The summed E-state index contributed by atoms with van der Waals surface area (Å²) in [6, 6.07) is 25.0. The number of carbonyl (C=O) groups is 1. The quantitative estimate of drug-likeness (QED) is 0.322. The Hall–Kier alpha value is -5.37. The van der Waals surface area contributed by atoms with Gasteiger partial charge in [-0.05, 0) is 65.7 Å². The molecular weight excluding hydrogens is 497 g/mol. The molecule has 2 heterocycles. The van der Waals surface area contributed by atoms with Gasteiger partial charge in [0, 0.05) is 11.1 Å². The van der Waals surface area contributed by atoms with Crippen molar-refractivity contribution in [1.82, 2.24) is 15.0 Å². The van der Waals surface area contributed by atoms with E-state index in [1.54, 1.807) is 42.6 Å². The zero-order valence-electron chi connectivity index (χ0n) is 20.6. The van der Waals surface area contributed by atoms with E-state index in [0.29, 0.717) is 34.7 Å². The van der Waals surface area contributed by atoms with Crippen LogP contribution in [0.2, 0.25) is 0 Å². The first kappa shape index (κ1) is 25.3. The molecule has 3 aromatic carbocycles. The van der Waals surface area contributed by atoms with Crippen LogP contribution in [0.1, 0.15) is 32.7 Å². The normalized spacial score (nSPS) is 11.9. The van der Waals surface area contributed by atoms with Crippen molar-refractivity contribution in [2.75, 3.05) is 0 Å². The highest BCUT2D eigenvalue weighted by molar-refractivity contribution is 6.09. The van der Waals surface area contributed by atoms with E-state index in [2.05, 4.69) is 15.0 Å². The van der Waals surface area contributed by atoms with Crippen molar-refractivity contribution < 1.29 is 13.9 Å². The number of hydrogen-bond donors (Lipinski definition) is 2. The van der Waals surface area contributed by atoms with Crippen LogP contribution in [0.5, 0.6) is 5.75 Å². The molecule has 5 aromatic rings. The van der Waals surface area contributed by atoms with Crippen LogP contribution in [0.15, 0.2) is 107 Å². The van der Waals surface area contributed by atoms with Crippen LogP contribution in [-0.2, 0) is 6.61 Å². The largest absolute Gasteiger partial charge is 0.487 e. The second kappa shape index (κ2) is 11.4. The Balaban J connectivity index is 1.36. The van der Waals surface area contributed by atoms with Gasteiger partial charge in [-0.2, -0.15) is 0 Å². The van der Waals surface area contributed by atoms with Gasteiger partial charge in [-0.3, -0.25) is 19.4 Å². The standard InChI is InChI=1S/C31H22FN3O4/c32-24-11-9-22(10-12-24)29(36)23-8-4-7-21(15-23)16-27-30(37)35-28(31(38)34-27)17-25-13-14-26(18-33-25)39-19-20-5-2-1-3-6-20/h1-18H,19H2,(H,34,38)(H,35,37). The summed E-state index contributed by atoms with van der Waals surface area (Å²) in [5.41, 5.74) is 1.70. The number of carbonyl (C=O) groups excluding carboxylic acids is 1. The molecule has 0 aliphatic carbocycles. The van der Waals surface area contributed by atoms with Crippen LogP contribution in [0.25, 0.3) is 12.2 Å². The Bertz CT molecular complexity index is 1860. The van der Waals surface area contributed by atoms with E-state index in [9.17, 15) is 18.8 Å². The van der Waals surface area contributed by atoms with Crippen molar-refractivity contribution in [3.63, 3.8) is 0 Å². The van der Waals surface area contributed by atoms with Crippen LogP contribution >= 0.6 is 0 Å². The van der Waals surface area contributed by atoms with Gasteiger partial charge in [0.15, 0.2) is 5.78 Å². The van der Waals surface area contributed by atoms with Gasteiger partial charge in [0.25, 0.3) is 11.1 Å². The summed E-state index contributed by atoms with van der Waals surface area (Å²) in [6.07, 6.45) is 4.49. The Labute approximate surface area is 221 Å². The van der Waals surface area contributed by atoms with Gasteiger partial charge in [-0.1, -0.05) is 48.5 Å². The first-order valence-corrected chi connectivity index (χ1v) is 12.0. The average molecular weight is 520 g/mol. The van der Waals surface area contributed by atoms with Gasteiger partial charge < -0.3 is 14.7 Å². The molecule has 0 saturated heterocycles. The van der Waals surface area contributed by atoms with Gasteiger partial charge in [0.2, 0.25) is 0 Å². The van der Waals surface area contributed by atoms with Crippen LogP contribution in [0.4, 0.5) is 4.39 Å². The minimum Gasteiger partial charge on any atom is -0.487 e. The van der Waals surface area contributed by atoms with E-state index >= 15 is 0 Å². The smallest absolute Gasteiger partial charge is 0.272 e. The molecule has 8 heteroatoms. The second-order valence-electron chi connectivity index (χ2n) is 8.68. The number of nitrogens with zero attached hydrogens (tertiary/aromatic N) is 1. The molecule has 2 N–H and O–H groups in total. The molecule has 0 amide bonds. The lowest BCUT2D eigenvalue weighted by atomic mass is 10.0. The van der Waals surface area contributed by atoms with Gasteiger partial charge in [0.05, 0.1) is 11.9 Å². The van der Waals surface area contributed by atoms with Gasteiger partial charge in [-0.15, -0.1) is 0 Å². The van der Waals surface area contributed by atoms with Gasteiger partial charge >= 0.3 is 0 Å². The lowest BCUT2D eigenvalue weighted by molar-refractivity contribution is 0.103. The monoisotopic (exact) mass is 519 g/mol. The molecule has 39 heavy (non-hydrogen) atoms. The van der Waals surface area contributed by atoms with E-state index in [1.807, 2.05) is 30.3 Å². The molecule has 2 aromatic heterocycles. The molecule has 5 rings (SSSR count). The fourth-order valence-corrected chi connectivity index (χ4v) is 3.85. The summed E-state index contributed by atoms with van der Waals surface area (Å²) in [5.74, 6) is -0.150. The lowest BCUT2D eigenvalue weighted by Gasteiger charge is -2.05. The topological polar surface area (TPSA) is 105 Å². The predicted octanol–water partition coefficient (Wildman–Crippen LogP) is 3.06. The van der Waals surface area contributed by atoms with Crippen LogP contribution in [-0.4, -0.2) is 20.7 Å². The van der Waals surface area contributed by atoms with E-state index in [4.69, 9.17) is 4.74 Å². The maximum absolute atomic E-state index is 13.2. The van der Waals surface area contributed by atoms with Crippen molar-refractivity contribution in [3.05, 3.63) is 162 Å². The molecule has 0 fully saturated rings. The van der Waals surface area contributed by atoms with Crippen molar-refractivity contribution in [1.29, 1.82) is 0 Å². The van der Waals surface area contributed by atoms with Gasteiger partial charge in [-0.25, -0.2) is 4.39 Å². The number of pyridine rings is 1. The third kappa shape index (κ3) is 6.31. The number of H-pyrrole nitrogens is 2. The Kier molecular flexibility index (Phi) is 7.36. The fraction of sp³-hybridized carbons (Fsp3) is 0.0323. The van der Waals surface area contributed by atoms with E-state index < -0.39 is 16.9 Å². The van der Waals surface area contributed by atoms with Crippen molar-refractivity contribution in [2.24, 2.45) is 0 Å². The number of nitrogens with one attached hydrogen (secondary N) is 2. The number of ether oxygens (including phenoxy) is 1. The minimum atomic E-state index is -0.515. The Morgan fingerprint density at radius 1 is 0.795 bits per heavy atom. The molecule has 0 bridgehead atoms. The highest BCUT2D eigenvalue weighted by Crippen LogP contribution is 2.14. The summed E-state index contributed by atoms with van der Waals surface area (Å²) in [5, 5.41) is 0.0731. The van der Waals surface area contributed by atoms with Crippen molar-refractivity contribution in [3.8, 4) is 5.75 Å². The summed E-state index contributed by atoms with van der Waals surface area (Å²) in [6.45, 7) is 0.403. The summed E-state index contributed by atoms with van der Waals surface area (Å²) in [7, 11) is 0. The summed E-state index contributed by atoms with van der Waals surface area (Å²) in [4.78, 5) is 47.6. The fourth-order valence-electron chi connectivity index (χ4n) is 3.85. The molecular formula is C31H22FN3O4. The first-order chi connectivity index (χ1) is 18.9. The van der Waals surface area contributed by atoms with Crippen molar-refractivity contribution in [2.45, 2.75) is 6.61 Å². The molecule has 0 aliphatic rings. The predicted molar refractivity (Wildman–Crippen MR) is 145 cm³/mol. The molecule has 7 nitrogen and oxygen atoms in total. The van der Waals surface area contributed by atoms with E-state index in [1.165, 1.54) is 36.4 Å². The number of rotatable bonds is 7. The Morgan fingerprint density at radius 2 is 1.51 bits per heavy atom. The maximum atomic E-state index is 13.2. The molecule has 0 aliphatic heterocycles. The summed E-state index contributed by atoms with van der Waals surface area (Å²) < 4.78 is 18.9. The minimum absolute atomic E-state index is 0.0288. The van der Waals surface area contributed by atoms with E-state index in [0.717, 1.165) is 5.56 Å². The number of aromatic amines is 2. The molecule has 0 saturated carbocycles. The van der Waals surface area contributed by atoms with Crippen LogP contribution < -0.4 is 26.6 Å². The molecule has 192 valence electrons. The number of hydrogen-bond acceptors (Lipinski definition) is 5. The maximum Gasteiger partial charge on any atom is 0.272 e. The van der Waals surface area contributed by atoms with Crippen LogP contribution in [0.3, 0.4) is 0 Å². The average Bonchev–Trinajstić information content (AvgIpc) is 2.96. The first-order valence-electron chi connectivity index (χ1n) is 12.0. The number of ketones is 1. The van der Waals surface area contributed by atoms with Crippen molar-refractivity contribution >= 4 is 17.9 Å². The lowest BCUT2D eigenvalue weighted by Crippen LogP contribution is -2.46. The molecule has 0 radical (unpaired) electrons. The Morgan fingerprint density at radius 3 is 2.21 bits per heavy atom. The third-order valence-corrected chi connectivity index (χ3v) is 5.85. The molecule has 0 unspecified atom stereocenters. The summed E-state index contributed by atoms with van der Waals surface area (Å²) >= 11 is 0. The molecule has 0 atom stereocenters. The van der Waals surface area contributed by atoms with Crippen LogP contribution in [0, 0.1) is 5.82 Å². The molecule has 0 spiro atoms. The zero-order chi connectivity index (χ0) is 27.2. The van der Waals surface area contributed by atoms with Gasteiger partial charge in [0.1, 0.15) is 28.9 Å². The zero-order valence-corrected chi connectivity index (χ0v) is 20.6. The highest BCUT2D eigenvalue weighted by Gasteiger charge is 2.09. The number of aromatic nitrogens is 3.